The van der Waals surface area contributed by atoms with Gasteiger partial charge in [0.2, 0.25) is 5.91 Å². The molecule has 33 heavy (non-hydrogen) atoms. The highest BCUT2D eigenvalue weighted by Gasteiger charge is 2.22. The molecule has 1 fully saturated rings. The molecule has 1 aromatic carbocycles. The molecule has 1 aliphatic heterocycles. The van der Waals surface area contributed by atoms with Crippen LogP contribution in [0, 0.1) is 0 Å². The molecule has 0 bridgehead atoms. The first-order chi connectivity index (χ1) is 16.1. The van der Waals surface area contributed by atoms with E-state index in [1.54, 1.807) is 11.3 Å². The van der Waals surface area contributed by atoms with E-state index in [1.807, 2.05) is 41.8 Å². The van der Waals surface area contributed by atoms with Gasteiger partial charge in [0.05, 0.1) is 22.8 Å². The van der Waals surface area contributed by atoms with Gasteiger partial charge in [-0.2, -0.15) is 5.10 Å². The van der Waals surface area contributed by atoms with Crippen molar-refractivity contribution in [3.8, 4) is 10.6 Å². The van der Waals surface area contributed by atoms with Gasteiger partial charge in [-0.15, -0.1) is 11.3 Å². The Bertz CT molecular complexity index is 1340. The van der Waals surface area contributed by atoms with Crippen LogP contribution in [0.1, 0.15) is 12.5 Å². The number of hydrogen-bond donors (Lipinski definition) is 1. The third-order valence-corrected chi connectivity index (χ3v) is 7.44. The van der Waals surface area contributed by atoms with E-state index in [1.165, 1.54) is 16.0 Å². The van der Waals surface area contributed by atoms with Crippen LogP contribution in [0.25, 0.3) is 20.8 Å². The van der Waals surface area contributed by atoms with Crippen molar-refractivity contribution in [3.05, 3.63) is 57.7 Å². The highest BCUT2D eigenvalue weighted by molar-refractivity contribution is 7.23. The Morgan fingerprint density at radius 3 is 2.82 bits per heavy atom. The second-order valence-corrected chi connectivity index (χ2v) is 9.59. The lowest BCUT2D eigenvalue weighted by Crippen LogP contribution is -2.36. The van der Waals surface area contributed by atoms with Gasteiger partial charge in [0.1, 0.15) is 12.2 Å². The SMILES string of the molecule is CCc1cccc(NC(=O)Cn2nc(-c3cccs3)c3sc(N4CCOCC4)nc3c2=O)c1. The topological polar surface area (TPSA) is 89.3 Å². The molecular weight excluding hydrogens is 458 g/mol. The second kappa shape index (κ2) is 9.42. The predicted molar refractivity (Wildman–Crippen MR) is 132 cm³/mol. The number of thiazole rings is 1. The first kappa shape index (κ1) is 21.7. The summed E-state index contributed by atoms with van der Waals surface area (Å²) < 4.78 is 7.41. The van der Waals surface area contributed by atoms with Gasteiger partial charge in [-0.3, -0.25) is 9.59 Å². The highest BCUT2D eigenvalue weighted by Crippen LogP contribution is 2.35. The third-order valence-electron chi connectivity index (χ3n) is 5.44. The Labute approximate surface area is 198 Å². The van der Waals surface area contributed by atoms with Crippen LogP contribution in [0.15, 0.2) is 46.6 Å². The average Bonchev–Trinajstić information content (AvgIpc) is 3.52. The summed E-state index contributed by atoms with van der Waals surface area (Å²) >= 11 is 3.01. The molecule has 0 unspecified atom stereocenters. The number of carbonyl (C=O) groups is 1. The Balaban J connectivity index is 1.51. The van der Waals surface area contributed by atoms with Crippen LogP contribution in [0.4, 0.5) is 10.8 Å². The lowest BCUT2D eigenvalue weighted by atomic mass is 10.1. The van der Waals surface area contributed by atoms with Crippen molar-refractivity contribution in [2.24, 2.45) is 0 Å². The normalized spacial score (nSPS) is 14.0. The standard InChI is InChI=1S/C23H23N5O3S2/c1-2-15-5-3-6-16(13-15)24-18(29)14-28-22(30)20-21(19(26-28)17-7-4-12-32-17)33-23(25-20)27-8-10-31-11-9-27/h3-7,12-13H,2,8-11,14H2,1H3,(H,24,29). The maximum Gasteiger partial charge on any atom is 0.294 e. The molecular formula is C23H23N5O3S2. The summed E-state index contributed by atoms with van der Waals surface area (Å²) in [6.45, 7) is 4.61. The van der Waals surface area contributed by atoms with E-state index in [-0.39, 0.29) is 18.0 Å². The van der Waals surface area contributed by atoms with E-state index >= 15 is 0 Å². The van der Waals surface area contributed by atoms with Gasteiger partial charge in [-0.1, -0.05) is 36.5 Å². The molecule has 5 rings (SSSR count). The number of benzene rings is 1. The Kier molecular flexibility index (Phi) is 6.21. The zero-order valence-electron chi connectivity index (χ0n) is 18.1. The second-order valence-electron chi connectivity index (χ2n) is 7.66. The van der Waals surface area contributed by atoms with Crippen molar-refractivity contribution in [2.45, 2.75) is 19.9 Å². The number of aromatic nitrogens is 3. The fraction of sp³-hybridized carbons (Fsp3) is 0.304. The maximum atomic E-state index is 13.3. The number of ether oxygens (including phenoxy) is 1. The number of morpholine rings is 1. The molecule has 1 saturated heterocycles. The van der Waals surface area contributed by atoms with E-state index in [4.69, 9.17) is 4.74 Å². The summed E-state index contributed by atoms with van der Waals surface area (Å²) in [5.41, 5.74) is 2.49. The molecule has 10 heteroatoms. The molecule has 0 aliphatic carbocycles. The fourth-order valence-electron chi connectivity index (χ4n) is 3.73. The Hall–Kier alpha value is -3.08. The highest BCUT2D eigenvalue weighted by atomic mass is 32.1. The van der Waals surface area contributed by atoms with Crippen molar-refractivity contribution in [1.29, 1.82) is 0 Å². The van der Waals surface area contributed by atoms with Crippen LogP contribution < -0.4 is 15.8 Å². The number of nitrogens with one attached hydrogen (secondary N) is 1. The molecule has 0 atom stereocenters. The van der Waals surface area contributed by atoms with E-state index in [9.17, 15) is 9.59 Å². The molecule has 0 radical (unpaired) electrons. The molecule has 170 valence electrons. The van der Waals surface area contributed by atoms with Crippen LogP contribution in [-0.4, -0.2) is 47.0 Å². The summed E-state index contributed by atoms with van der Waals surface area (Å²) in [5.74, 6) is -0.307. The number of amides is 1. The van der Waals surface area contributed by atoms with Gasteiger partial charge in [-0.25, -0.2) is 9.67 Å². The number of aryl methyl sites for hydroxylation is 1. The number of thiophene rings is 1. The Morgan fingerprint density at radius 1 is 1.21 bits per heavy atom. The average molecular weight is 482 g/mol. The number of carbonyl (C=O) groups excluding carboxylic acids is 1. The molecule has 0 saturated carbocycles. The summed E-state index contributed by atoms with van der Waals surface area (Å²) in [5, 5.41) is 10.2. The van der Waals surface area contributed by atoms with E-state index < -0.39 is 0 Å². The van der Waals surface area contributed by atoms with E-state index in [0.717, 1.165) is 39.8 Å². The summed E-state index contributed by atoms with van der Waals surface area (Å²) in [6.07, 6.45) is 0.876. The minimum atomic E-state index is -0.362. The zero-order chi connectivity index (χ0) is 22.8. The van der Waals surface area contributed by atoms with Gasteiger partial charge < -0.3 is 15.0 Å². The van der Waals surface area contributed by atoms with E-state index in [0.29, 0.717) is 30.1 Å². The molecule has 1 amide bonds. The molecule has 0 spiro atoms. The summed E-state index contributed by atoms with van der Waals surface area (Å²) in [6, 6.07) is 11.6. The minimum Gasteiger partial charge on any atom is -0.378 e. The first-order valence-corrected chi connectivity index (χ1v) is 12.5. The molecule has 1 N–H and O–H groups in total. The summed E-state index contributed by atoms with van der Waals surface area (Å²) in [7, 11) is 0. The van der Waals surface area contributed by atoms with Gasteiger partial charge >= 0.3 is 0 Å². The Morgan fingerprint density at radius 2 is 2.06 bits per heavy atom. The molecule has 4 aromatic rings. The zero-order valence-corrected chi connectivity index (χ0v) is 19.7. The molecule has 8 nitrogen and oxygen atoms in total. The van der Waals surface area contributed by atoms with Crippen molar-refractivity contribution >= 4 is 49.6 Å². The largest absolute Gasteiger partial charge is 0.378 e. The van der Waals surface area contributed by atoms with Gasteiger partial charge in [-0.05, 0) is 35.6 Å². The molecule has 3 aromatic heterocycles. The van der Waals surface area contributed by atoms with E-state index in [2.05, 4.69) is 27.2 Å². The van der Waals surface area contributed by atoms with Crippen LogP contribution >= 0.6 is 22.7 Å². The quantitative estimate of drug-likeness (QED) is 0.453. The predicted octanol–water partition coefficient (Wildman–Crippen LogP) is 3.62. The minimum absolute atomic E-state index is 0.187. The van der Waals surface area contributed by atoms with Crippen molar-refractivity contribution in [2.75, 3.05) is 36.5 Å². The maximum absolute atomic E-state index is 13.3. The van der Waals surface area contributed by atoms with Crippen LogP contribution in [0.2, 0.25) is 0 Å². The van der Waals surface area contributed by atoms with Crippen molar-refractivity contribution in [3.63, 3.8) is 0 Å². The van der Waals surface area contributed by atoms with Crippen molar-refractivity contribution in [1.82, 2.24) is 14.8 Å². The summed E-state index contributed by atoms with van der Waals surface area (Å²) in [4.78, 5) is 33.8. The number of rotatable bonds is 6. The fourth-order valence-corrected chi connectivity index (χ4v) is 5.61. The first-order valence-electron chi connectivity index (χ1n) is 10.8. The number of hydrogen-bond acceptors (Lipinski definition) is 8. The smallest absolute Gasteiger partial charge is 0.294 e. The van der Waals surface area contributed by atoms with Crippen molar-refractivity contribution < 1.29 is 9.53 Å². The number of nitrogens with zero attached hydrogens (tertiary/aromatic N) is 4. The van der Waals surface area contributed by atoms with Gasteiger partial charge in [0.25, 0.3) is 5.56 Å². The van der Waals surface area contributed by atoms with Crippen LogP contribution in [-0.2, 0) is 22.5 Å². The van der Waals surface area contributed by atoms with Crippen LogP contribution in [0.3, 0.4) is 0 Å². The lowest BCUT2D eigenvalue weighted by Gasteiger charge is -2.25. The molecule has 4 heterocycles. The number of anilines is 2. The van der Waals surface area contributed by atoms with Gasteiger partial charge in [0.15, 0.2) is 10.6 Å². The van der Waals surface area contributed by atoms with Gasteiger partial charge in [0, 0.05) is 18.8 Å². The number of fused-ring (bicyclic) bond motifs is 1. The monoisotopic (exact) mass is 481 g/mol. The molecule has 1 aliphatic rings. The third kappa shape index (κ3) is 4.54. The lowest BCUT2D eigenvalue weighted by molar-refractivity contribution is -0.117. The van der Waals surface area contributed by atoms with Crippen LogP contribution in [0.5, 0.6) is 0 Å².